The maximum atomic E-state index is 5.98. The Morgan fingerprint density at radius 1 is 1.60 bits per heavy atom. The second-order valence-corrected chi connectivity index (χ2v) is 4.37. The summed E-state index contributed by atoms with van der Waals surface area (Å²) in [5.41, 5.74) is 7.07. The minimum atomic E-state index is 0.367. The highest BCUT2D eigenvalue weighted by atomic mass is 15.1. The molecule has 4 nitrogen and oxygen atoms in total. The van der Waals surface area contributed by atoms with Crippen LogP contribution in [0.1, 0.15) is 19.0 Å². The van der Waals surface area contributed by atoms with Crippen molar-refractivity contribution in [2.75, 3.05) is 13.1 Å². The van der Waals surface area contributed by atoms with Gasteiger partial charge in [-0.05, 0) is 18.4 Å². The number of likely N-dealkylation sites (tertiary alicyclic amines) is 1. The molecule has 2 atom stereocenters. The van der Waals surface area contributed by atoms with E-state index in [2.05, 4.69) is 21.8 Å². The van der Waals surface area contributed by atoms with Gasteiger partial charge in [0, 0.05) is 31.9 Å². The zero-order valence-corrected chi connectivity index (χ0v) is 9.13. The van der Waals surface area contributed by atoms with Crippen molar-refractivity contribution in [1.29, 1.82) is 0 Å². The molecule has 2 N–H and O–H groups in total. The predicted octanol–water partition coefficient (Wildman–Crippen LogP) is 0.646. The van der Waals surface area contributed by atoms with E-state index in [1.165, 1.54) is 0 Å². The zero-order chi connectivity index (χ0) is 10.7. The second-order valence-electron chi connectivity index (χ2n) is 4.37. The summed E-state index contributed by atoms with van der Waals surface area (Å²) < 4.78 is 0. The van der Waals surface area contributed by atoms with Gasteiger partial charge in [-0.2, -0.15) is 0 Å². The van der Waals surface area contributed by atoms with E-state index in [1.807, 2.05) is 6.07 Å². The second kappa shape index (κ2) is 4.68. The van der Waals surface area contributed by atoms with Crippen LogP contribution in [-0.4, -0.2) is 34.0 Å². The Kier molecular flexibility index (Phi) is 3.28. The average molecular weight is 206 g/mol. The van der Waals surface area contributed by atoms with Gasteiger partial charge in [0.15, 0.2) is 0 Å². The molecule has 4 heteroatoms. The number of nitrogens with zero attached hydrogens (tertiary/aromatic N) is 3. The molecule has 1 aromatic rings. The molecule has 1 aliphatic rings. The van der Waals surface area contributed by atoms with Gasteiger partial charge >= 0.3 is 0 Å². The van der Waals surface area contributed by atoms with Crippen molar-refractivity contribution in [3.05, 3.63) is 24.3 Å². The maximum Gasteiger partial charge on any atom is 0.115 e. The molecule has 0 bridgehead atoms. The molecule has 0 amide bonds. The highest BCUT2D eigenvalue weighted by Crippen LogP contribution is 2.16. The number of aromatic nitrogens is 2. The van der Waals surface area contributed by atoms with Gasteiger partial charge in [-0.3, -0.25) is 4.90 Å². The molecule has 82 valence electrons. The molecule has 1 aliphatic heterocycles. The molecule has 1 saturated heterocycles. The summed E-state index contributed by atoms with van der Waals surface area (Å²) in [6.07, 6.45) is 4.49. The van der Waals surface area contributed by atoms with Crippen LogP contribution in [0.3, 0.4) is 0 Å². The Labute approximate surface area is 90.5 Å². The summed E-state index contributed by atoms with van der Waals surface area (Å²) in [7, 11) is 0. The fourth-order valence-electron chi connectivity index (χ4n) is 2.03. The average Bonchev–Trinajstić information content (AvgIpc) is 2.25. The molecule has 0 aromatic carbocycles. The number of hydrogen-bond donors (Lipinski definition) is 1. The number of nitrogens with two attached hydrogens (primary N) is 1. The number of rotatable bonds is 2. The van der Waals surface area contributed by atoms with Crippen LogP contribution in [0.4, 0.5) is 0 Å². The van der Waals surface area contributed by atoms with Gasteiger partial charge < -0.3 is 5.73 Å². The van der Waals surface area contributed by atoms with Gasteiger partial charge in [0.1, 0.15) is 6.33 Å². The van der Waals surface area contributed by atoms with Gasteiger partial charge in [0.25, 0.3) is 0 Å². The Bertz CT molecular complexity index is 301. The first-order valence-electron chi connectivity index (χ1n) is 5.48. The van der Waals surface area contributed by atoms with Gasteiger partial charge in [0.2, 0.25) is 0 Å². The summed E-state index contributed by atoms with van der Waals surface area (Å²) in [5.74, 6) is 0.584. The normalized spacial score (nSPS) is 27.9. The maximum absolute atomic E-state index is 5.98. The molecular formula is C11H18N4. The number of hydrogen-bond acceptors (Lipinski definition) is 4. The van der Waals surface area contributed by atoms with E-state index in [4.69, 9.17) is 5.73 Å². The molecule has 2 rings (SSSR count). The van der Waals surface area contributed by atoms with E-state index >= 15 is 0 Å². The standard InChI is InChI=1S/C11H18N4/c1-9-6-15(5-3-11(9)12)7-10-2-4-13-8-14-10/h2,4,8-9,11H,3,5-7,12H2,1H3. The van der Waals surface area contributed by atoms with Crippen LogP contribution in [0, 0.1) is 5.92 Å². The quantitative estimate of drug-likeness (QED) is 0.771. The summed E-state index contributed by atoms with van der Waals surface area (Å²) in [6, 6.07) is 2.34. The summed E-state index contributed by atoms with van der Waals surface area (Å²) in [4.78, 5) is 10.6. The molecular weight excluding hydrogens is 188 g/mol. The van der Waals surface area contributed by atoms with E-state index in [0.717, 1.165) is 31.7 Å². The SMILES string of the molecule is CC1CN(Cc2ccncn2)CCC1N. The topological polar surface area (TPSA) is 55.0 Å². The molecule has 2 heterocycles. The zero-order valence-electron chi connectivity index (χ0n) is 9.13. The van der Waals surface area contributed by atoms with Crippen molar-refractivity contribution in [2.45, 2.75) is 25.9 Å². The first kappa shape index (κ1) is 10.5. The minimum Gasteiger partial charge on any atom is -0.327 e. The van der Waals surface area contributed by atoms with E-state index in [0.29, 0.717) is 12.0 Å². The molecule has 0 aliphatic carbocycles. The minimum absolute atomic E-state index is 0.367. The highest BCUT2D eigenvalue weighted by Gasteiger charge is 2.22. The van der Waals surface area contributed by atoms with Crippen LogP contribution in [0.2, 0.25) is 0 Å². The lowest BCUT2D eigenvalue weighted by molar-refractivity contribution is 0.156. The first-order chi connectivity index (χ1) is 7.25. The third-order valence-corrected chi connectivity index (χ3v) is 3.08. The van der Waals surface area contributed by atoms with Crippen LogP contribution in [0.5, 0.6) is 0 Å². The van der Waals surface area contributed by atoms with Crippen molar-refractivity contribution in [3.63, 3.8) is 0 Å². The van der Waals surface area contributed by atoms with E-state index in [1.54, 1.807) is 12.5 Å². The summed E-state index contributed by atoms with van der Waals surface area (Å²) in [5, 5.41) is 0. The molecule has 0 spiro atoms. The lowest BCUT2D eigenvalue weighted by Gasteiger charge is -2.34. The molecule has 2 unspecified atom stereocenters. The fraction of sp³-hybridized carbons (Fsp3) is 0.636. The van der Waals surface area contributed by atoms with Crippen molar-refractivity contribution in [1.82, 2.24) is 14.9 Å². The third kappa shape index (κ3) is 2.73. The highest BCUT2D eigenvalue weighted by molar-refractivity contribution is 4.98. The van der Waals surface area contributed by atoms with E-state index in [9.17, 15) is 0 Å². The Morgan fingerprint density at radius 2 is 2.47 bits per heavy atom. The molecule has 0 saturated carbocycles. The Hall–Kier alpha value is -1.00. The van der Waals surface area contributed by atoms with Crippen molar-refractivity contribution >= 4 is 0 Å². The smallest absolute Gasteiger partial charge is 0.115 e. The van der Waals surface area contributed by atoms with Crippen LogP contribution in [0.15, 0.2) is 18.6 Å². The van der Waals surface area contributed by atoms with Crippen molar-refractivity contribution in [3.8, 4) is 0 Å². The third-order valence-electron chi connectivity index (χ3n) is 3.08. The van der Waals surface area contributed by atoms with Crippen LogP contribution >= 0.6 is 0 Å². The van der Waals surface area contributed by atoms with Gasteiger partial charge in [-0.25, -0.2) is 9.97 Å². The van der Waals surface area contributed by atoms with Crippen LogP contribution in [0.25, 0.3) is 0 Å². The van der Waals surface area contributed by atoms with E-state index < -0.39 is 0 Å². The first-order valence-corrected chi connectivity index (χ1v) is 5.48. The largest absolute Gasteiger partial charge is 0.327 e. The molecule has 1 fully saturated rings. The summed E-state index contributed by atoms with van der Waals surface area (Å²) >= 11 is 0. The number of piperidine rings is 1. The Morgan fingerprint density at radius 3 is 3.13 bits per heavy atom. The van der Waals surface area contributed by atoms with E-state index in [-0.39, 0.29) is 0 Å². The van der Waals surface area contributed by atoms with Crippen LogP contribution < -0.4 is 5.73 Å². The fourth-order valence-corrected chi connectivity index (χ4v) is 2.03. The van der Waals surface area contributed by atoms with Gasteiger partial charge in [-0.1, -0.05) is 6.92 Å². The predicted molar refractivity (Wildman–Crippen MR) is 59.1 cm³/mol. The molecule has 0 radical (unpaired) electrons. The molecule has 1 aromatic heterocycles. The van der Waals surface area contributed by atoms with Crippen molar-refractivity contribution in [2.24, 2.45) is 11.7 Å². The molecule has 15 heavy (non-hydrogen) atoms. The lowest BCUT2D eigenvalue weighted by Crippen LogP contribution is -2.45. The Balaban J connectivity index is 1.91. The van der Waals surface area contributed by atoms with Crippen molar-refractivity contribution < 1.29 is 0 Å². The lowest BCUT2D eigenvalue weighted by atomic mass is 9.95. The van der Waals surface area contributed by atoms with Gasteiger partial charge in [0.05, 0.1) is 5.69 Å². The monoisotopic (exact) mass is 206 g/mol. The van der Waals surface area contributed by atoms with Gasteiger partial charge in [-0.15, -0.1) is 0 Å². The summed E-state index contributed by atoms with van der Waals surface area (Å²) in [6.45, 7) is 5.29. The van der Waals surface area contributed by atoms with Crippen LogP contribution in [-0.2, 0) is 6.54 Å².